The lowest BCUT2D eigenvalue weighted by atomic mass is 10.0. The molecule has 0 fully saturated rings. The van der Waals surface area contributed by atoms with Crippen molar-refractivity contribution in [3.8, 4) is 16.9 Å². The Hall–Kier alpha value is -3.87. The summed E-state index contributed by atoms with van der Waals surface area (Å²) < 4.78 is 29.6. The minimum absolute atomic E-state index is 0.147. The van der Waals surface area contributed by atoms with Crippen molar-refractivity contribution in [2.45, 2.75) is 19.9 Å². The summed E-state index contributed by atoms with van der Waals surface area (Å²) >= 11 is 0. The second kappa shape index (κ2) is 8.10. The third-order valence-corrected chi connectivity index (χ3v) is 4.89. The molecule has 1 heterocycles. The molecular formula is C24H19F2N3O2. The normalized spacial score (nSPS) is 12.0. The second-order valence-electron chi connectivity index (χ2n) is 7.42. The second-order valence-corrected chi connectivity index (χ2v) is 7.42. The van der Waals surface area contributed by atoms with E-state index in [4.69, 9.17) is 0 Å². The van der Waals surface area contributed by atoms with E-state index in [1.807, 2.05) is 0 Å². The van der Waals surface area contributed by atoms with Crippen molar-refractivity contribution < 1.29 is 13.5 Å². The molecule has 0 bridgehead atoms. The molecule has 0 radical (unpaired) electrons. The van der Waals surface area contributed by atoms with Gasteiger partial charge in [-0.2, -0.15) is 9.78 Å². The molecule has 0 saturated heterocycles. The first-order valence-electron chi connectivity index (χ1n) is 9.73. The first-order chi connectivity index (χ1) is 14.8. The van der Waals surface area contributed by atoms with Gasteiger partial charge in [-0.3, -0.25) is 4.79 Å². The van der Waals surface area contributed by atoms with Gasteiger partial charge in [-0.1, -0.05) is 30.3 Å². The number of rotatable bonds is 4. The zero-order valence-electron chi connectivity index (χ0n) is 16.9. The molecule has 156 valence electrons. The van der Waals surface area contributed by atoms with Gasteiger partial charge in [0.25, 0.3) is 5.56 Å². The van der Waals surface area contributed by atoms with Crippen molar-refractivity contribution in [2.24, 2.45) is 0 Å². The molecule has 0 N–H and O–H groups in total. The molecule has 0 spiro atoms. The predicted octanol–water partition coefficient (Wildman–Crippen LogP) is 4.67. The summed E-state index contributed by atoms with van der Waals surface area (Å²) in [6.45, 7) is 3.57. The molecular weight excluding hydrogens is 400 g/mol. The first-order valence-corrected chi connectivity index (χ1v) is 9.73. The van der Waals surface area contributed by atoms with Gasteiger partial charge in [0.05, 0.1) is 11.1 Å². The highest BCUT2D eigenvalue weighted by atomic mass is 19.1. The number of hydrogen-bond acceptors (Lipinski definition) is 3. The molecule has 0 aliphatic rings. The highest BCUT2D eigenvalue weighted by Gasteiger charge is 2.16. The number of halogens is 2. The summed E-state index contributed by atoms with van der Waals surface area (Å²) in [5.41, 5.74) is 1.09. The Morgan fingerprint density at radius 3 is 2.45 bits per heavy atom. The van der Waals surface area contributed by atoms with E-state index in [9.17, 15) is 18.8 Å². The minimum atomic E-state index is -0.892. The number of nitrogens with zero attached hydrogens (tertiary/aromatic N) is 3. The molecule has 0 amide bonds. The van der Waals surface area contributed by atoms with Crippen molar-refractivity contribution in [3.05, 3.63) is 99.5 Å². The van der Waals surface area contributed by atoms with E-state index in [-0.39, 0.29) is 11.7 Å². The van der Waals surface area contributed by atoms with Crippen LogP contribution in [0.5, 0.6) is 0 Å². The fourth-order valence-corrected chi connectivity index (χ4v) is 3.28. The van der Waals surface area contributed by atoms with Crippen LogP contribution >= 0.6 is 0 Å². The van der Waals surface area contributed by atoms with Crippen LogP contribution in [0.25, 0.3) is 27.7 Å². The van der Waals surface area contributed by atoms with Gasteiger partial charge >= 0.3 is 0 Å². The maximum absolute atomic E-state index is 14.4. The average Bonchev–Trinajstić information content (AvgIpc) is 2.75. The van der Waals surface area contributed by atoms with E-state index < -0.39 is 17.2 Å². The molecule has 3 aromatic carbocycles. The fraction of sp³-hybridized carbons (Fsp3) is 0.125. The van der Waals surface area contributed by atoms with E-state index in [1.165, 1.54) is 12.3 Å². The van der Waals surface area contributed by atoms with Gasteiger partial charge in [0, 0.05) is 22.6 Å². The lowest BCUT2D eigenvalue weighted by Gasteiger charge is -2.12. The maximum Gasteiger partial charge on any atom is 0.279 e. The van der Waals surface area contributed by atoms with Crippen molar-refractivity contribution in [2.75, 3.05) is 0 Å². The number of hydroxylamine groups is 1. The van der Waals surface area contributed by atoms with E-state index in [1.54, 1.807) is 62.4 Å². The number of hydrogen-bond donors (Lipinski definition) is 0. The van der Waals surface area contributed by atoms with Crippen LogP contribution in [0, 0.1) is 16.8 Å². The van der Waals surface area contributed by atoms with Gasteiger partial charge in [-0.05, 0) is 44.2 Å². The topological polar surface area (TPSA) is 61.0 Å². The van der Waals surface area contributed by atoms with Gasteiger partial charge in [0.15, 0.2) is 18.1 Å². The predicted molar refractivity (Wildman–Crippen MR) is 117 cm³/mol. The summed E-state index contributed by atoms with van der Waals surface area (Å²) in [6, 6.07) is 16.8. The van der Waals surface area contributed by atoms with Gasteiger partial charge < -0.3 is 5.21 Å². The van der Waals surface area contributed by atoms with E-state index in [0.717, 1.165) is 15.5 Å². The molecule has 0 saturated carbocycles. The molecule has 0 unspecified atom stereocenters. The molecule has 5 nitrogen and oxygen atoms in total. The highest BCUT2D eigenvalue weighted by Crippen LogP contribution is 2.26. The largest absolute Gasteiger partial charge is 0.624 e. The molecule has 4 rings (SSSR count). The first kappa shape index (κ1) is 20.4. The van der Waals surface area contributed by atoms with Crippen LogP contribution in [0.4, 0.5) is 8.78 Å². The molecule has 7 heteroatoms. The standard InChI is InChI=1S/C24H19F2N3O2/c1-15(2)28(31)14-16-6-5-7-17(12-16)23-19-8-3-4-9-20(19)24(30)29(27-23)22-11-10-18(25)13-21(22)26/h3-15H,1-2H3/b28-14-. The Kier molecular flexibility index (Phi) is 5.33. The average molecular weight is 419 g/mol. The Labute approximate surface area is 177 Å². The summed E-state index contributed by atoms with van der Waals surface area (Å²) in [4.78, 5) is 13.0. The number of aromatic nitrogens is 2. The zero-order valence-corrected chi connectivity index (χ0v) is 16.9. The third kappa shape index (κ3) is 3.94. The smallest absolute Gasteiger partial charge is 0.279 e. The van der Waals surface area contributed by atoms with Gasteiger partial charge in [-0.15, -0.1) is 0 Å². The number of benzene rings is 3. The Balaban J connectivity index is 1.98. The lowest BCUT2D eigenvalue weighted by Crippen LogP contribution is -2.23. The third-order valence-electron chi connectivity index (χ3n) is 4.89. The molecule has 4 aromatic rings. The fourth-order valence-electron chi connectivity index (χ4n) is 3.28. The summed E-state index contributed by atoms with van der Waals surface area (Å²) in [5.74, 6) is -1.64. The molecule has 0 aliphatic carbocycles. The van der Waals surface area contributed by atoms with Crippen molar-refractivity contribution >= 4 is 17.0 Å². The van der Waals surface area contributed by atoms with E-state index in [2.05, 4.69) is 5.10 Å². The molecule has 31 heavy (non-hydrogen) atoms. The van der Waals surface area contributed by atoms with Crippen LogP contribution in [0.3, 0.4) is 0 Å². The van der Waals surface area contributed by atoms with Crippen LogP contribution in [0.15, 0.2) is 71.5 Å². The van der Waals surface area contributed by atoms with Gasteiger partial charge in [0.1, 0.15) is 11.5 Å². The minimum Gasteiger partial charge on any atom is -0.624 e. The molecule has 1 aromatic heterocycles. The van der Waals surface area contributed by atoms with E-state index in [0.29, 0.717) is 33.7 Å². The summed E-state index contributed by atoms with van der Waals surface area (Å²) in [5, 5.41) is 17.4. The zero-order chi connectivity index (χ0) is 22.1. The molecule has 0 atom stereocenters. The van der Waals surface area contributed by atoms with Crippen LogP contribution < -0.4 is 5.56 Å². The van der Waals surface area contributed by atoms with Crippen molar-refractivity contribution in [1.82, 2.24) is 9.78 Å². The Morgan fingerprint density at radius 1 is 1.00 bits per heavy atom. The van der Waals surface area contributed by atoms with Crippen LogP contribution in [0.1, 0.15) is 19.4 Å². The van der Waals surface area contributed by atoms with Gasteiger partial charge in [-0.25, -0.2) is 13.5 Å². The Bertz CT molecular complexity index is 1380. The monoisotopic (exact) mass is 419 g/mol. The summed E-state index contributed by atoms with van der Waals surface area (Å²) in [7, 11) is 0. The van der Waals surface area contributed by atoms with E-state index >= 15 is 0 Å². The van der Waals surface area contributed by atoms with Crippen LogP contribution in [-0.2, 0) is 0 Å². The van der Waals surface area contributed by atoms with Crippen LogP contribution in [0.2, 0.25) is 0 Å². The lowest BCUT2D eigenvalue weighted by molar-refractivity contribution is -0.487. The van der Waals surface area contributed by atoms with Crippen molar-refractivity contribution in [1.29, 1.82) is 0 Å². The highest BCUT2D eigenvalue weighted by molar-refractivity contribution is 5.94. The van der Waals surface area contributed by atoms with Crippen molar-refractivity contribution in [3.63, 3.8) is 0 Å². The summed E-state index contributed by atoms with van der Waals surface area (Å²) in [6.07, 6.45) is 1.48. The maximum atomic E-state index is 14.4. The number of fused-ring (bicyclic) bond motifs is 1. The SMILES string of the molecule is CC(C)/[N+]([O-])=C/c1cccc(-c2nn(-c3ccc(F)cc3F)c(=O)c3ccccc23)c1. The van der Waals surface area contributed by atoms with Gasteiger partial charge in [0.2, 0.25) is 0 Å². The Morgan fingerprint density at radius 2 is 1.74 bits per heavy atom. The van der Waals surface area contributed by atoms with Crippen LogP contribution in [-0.4, -0.2) is 26.8 Å². The quantitative estimate of drug-likeness (QED) is 0.209. The molecule has 0 aliphatic heterocycles.